The predicted octanol–water partition coefficient (Wildman–Crippen LogP) is 2.85. The van der Waals surface area contributed by atoms with Gasteiger partial charge in [0.25, 0.3) is 0 Å². The molecule has 0 radical (unpaired) electrons. The van der Waals surface area contributed by atoms with Crippen molar-refractivity contribution in [2.24, 2.45) is 0 Å². The van der Waals surface area contributed by atoms with E-state index in [1.807, 2.05) is 6.92 Å². The molecule has 0 spiro atoms. The SMILES string of the molecule is C=CC(=O)Oc1cc2occ(CCC)c(=O)c2cc1OC. The van der Waals surface area contributed by atoms with E-state index in [1.54, 1.807) is 0 Å². The van der Waals surface area contributed by atoms with Crippen LogP contribution in [0.5, 0.6) is 11.5 Å². The number of hydrogen-bond acceptors (Lipinski definition) is 5. The molecule has 0 fully saturated rings. The topological polar surface area (TPSA) is 65.7 Å². The first-order valence-corrected chi connectivity index (χ1v) is 6.57. The summed E-state index contributed by atoms with van der Waals surface area (Å²) in [6.45, 7) is 5.32. The highest BCUT2D eigenvalue weighted by Crippen LogP contribution is 2.31. The van der Waals surface area contributed by atoms with Crippen molar-refractivity contribution in [2.45, 2.75) is 19.8 Å². The first kappa shape index (κ1) is 14.8. The van der Waals surface area contributed by atoms with E-state index in [0.717, 1.165) is 12.5 Å². The van der Waals surface area contributed by atoms with Gasteiger partial charge in [-0.15, -0.1) is 0 Å². The van der Waals surface area contributed by atoms with Gasteiger partial charge >= 0.3 is 5.97 Å². The van der Waals surface area contributed by atoms with Crippen molar-refractivity contribution in [1.29, 1.82) is 0 Å². The van der Waals surface area contributed by atoms with Crippen LogP contribution >= 0.6 is 0 Å². The number of aryl methyl sites for hydroxylation is 1. The first-order valence-electron chi connectivity index (χ1n) is 6.57. The van der Waals surface area contributed by atoms with Gasteiger partial charge in [0.2, 0.25) is 0 Å². The molecule has 0 unspecified atom stereocenters. The average Bonchev–Trinajstić information content (AvgIpc) is 2.49. The summed E-state index contributed by atoms with van der Waals surface area (Å²) >= 11 is 0. The van der Waals surface area contributed by atoms with Crippen LogP contribution in [0.1, 0.15) is 18.9 Å². The normalized spacial score (nSPS) is 10.4. The molecule has 0 saturated carbocycles. The largest absolute Gasteiger partial charge is 0.493 e. The summed E-state index contributed by atoms with van der Waals surface area (Å²) in [4.78, 5) is 23.6. The Morgan fingerprint density at radius 1 is 1.38 bits per heavy atom. The van der Waals surface area contributed by atoms with Gasteiger partial charge in [-0.3, -0.25) is 4.79 Å². The quantitative estimate of drug-likeness (QED) is 0.481. The lowest BCUT2D eigenvalue weighted by atomic mass is 10.1. The molecule has 0 aliphatic carbocycles. The lowest BCUT2D eigenvalue weighted by Gasteiger charge is -2.09. The molecule has 2 aromatic rings. The Bertz CT molecular complexity index is 742. The van der Waals surface area contributed by atoms with Crippen LogP contribution in [0.15, 0.2) is 40.3 Å². The van der Waals surface area contributed by atoms with Crippen LogP contribution in [0.4, 0.5) is 0 Å². The average molecular weight is 288 g/mol. The number of fused-ring (bicyclic) bond motifs is 1. The molecule has 0 atom stereocenters. The van der Waals surface area contributed by atoms with Gasteiger partial charge in [0, 0.05) is 17.7 Å². The molecule has 0 aliphatic rings. The highest BCUT2D eigenvalue weighted by atomic mass is 16.6. The maximum atomic E-state index is 12.3. The third kappa shape index (κ3) is 2.97. The molecule has 0 saturated heterocycles. The molecule has 1 aromatic carbocycles. The van der Waals surface area contributed by atoms with E-state index in [2.05, 4.69) is 6.58 Å². The molecule has 1 heterocycles. The van der Waals surface area contributed by atoms with E-state index in [1.165, 1.54) is 25.5 Å². The zero-order valence-electron chi connectivity index (χ0n) is 12.0. The standard InChI is InChI=1S/C16H16O5/c1-4-6-10-9-20-12-8-14(21-15(17)5-2)13(19-3)7-11(12)16(10)18/h5,7-9H,2,4,6H2,1,3H3. The van der Waals surface area contributed by atoms with Gasteiger partial charge < -0.3 is 13.9 Å². The Morgan fingerprint density at radius 3 is 2.76 bits per heavy atom. The third-order valence-corrected chi connectivity index (χ3v) is 3.03. The number of hydrogen-bond donors (Lipinski definition) is 0. The zero-order chi connectivity index (χ0) is 15.4. The minimum atomic E-state index is -0.613. The molecule has 5 heteroatoms. The van der Waals surface area contributed by atoms with Gasteiger partial charge in [-0.05, 0) is 12.5 Å². The van der Waals surface area contributed by atoms with E-state index in [-0.39, 0.29) is 11.2 Å². The van der Waals surface area contributed by atoms with E-state index in [4.69, 9.17) is 13.9 Å². The van der Waals surface area contributed by atoms with Crippen molar-refractivity contribution >= 4 is 16.9 Å². The summed E-state index contributed by atoms with van der Waals surface area (Å²) in [5.74, 6) is -0.141. The molecule has 0 aliphatic heterocycles. The van der Waals surface area contributed by atoms with E-state index in [9.17, 15) is 9.59 Å². The summed E-state index contributed by atoms with van der Waals surface area (Å²) in [6, 6.07) is 2.98. The summed E-state index contributed by atoms with van der Waals surface area (Å²) in [6.07, 6.45) is 3.99. The number of benzene rings is 1. The fourth-order valence-electron chi connectivity index (χ4n) is 2.01. The minimum Gasteiger partial charge on any atom is -0.493 e. The minimum absolute atomic E-state index is 0.0991. The van der Waals surface area contributed by atoms with Gasteiger partial charge in [0.1, 0.15) is 5.58 Å². The molecule has 2 rings (SSSR count). The Labute approximate surface area is 121 Å². The number of carbonyl (C=O) groups excluding carboxylic acids is 1. The molecule has 1 aromatic heterocycles. The Morgan fingerprint density at radius 2 is 2.14 bits per heavy atom. The van der Waals surface area contributed by atoms with Crippen molar-refractivity contribution in [3.8, 4) is 11.5 Å². The summed E-state index contributed by atoms with van der Waals surface area (Å²) in [5, 5.41) is 0.399. The summed E-state index contributed by atoms with van der Waals surface area (Å²) < 4.78 is 15.7. The first-order chi connectivity index (χ1) is 10.1. The van der Waals surface area contributed by atoms with Gasteiger partial charge in [-0.2, -0.15) is 0 Å². The molecule has 0 bridgehead atoms. The summed E-state index contributed by atoms with van der Waals surface area (Å²) in [5.41, 5.74) is 0.855. The fraction of sp³-hybridized carbons (Fsp3) is 0.250. The second-order valence-corrected chi connectivity index (χ2v) is 4.46. The van der Waals surface area contributed by atoms with Crippen molar-refractivity contribution < 1.29 is 18.7 Å². The van der Waals surface area contributed by atoms with Gasteiger partial charge in [-0.25, -0.2) is 4.79 Å². The van der Waals surface area contributed by atoms with Gasteiger partial charge in [0.15, 0.2) is 16.9 Å². The molecule has 0 amide bonds. The number of methoxy groups -OCH3 is 1. The van der Waals surface area contributed by atoms with Crippen LogP contribution in [-0.2, 0) is 11.2 Å². The lowest BCUT2D eigenvalue weighted by Crippen LogP contribution is -2.10. The van der Waals surface area contributed by atoms with Crippen LogP contribution in [0.3, 0.4) is 0 Å². The second kappa shape index (κ2) is 6.26. The Kier molecular flexibility index (Phi) is 4.42. The van der Waals surface area contributed by atoms with Gasteiger partial charge in [-0.1, -0.05) is 19.9 Å². The maximum absolute atomic E-state index is 12.3. The maximum Gasteiger partial charge on any atom is 0.335 e. The molecule has 5 nitrogen and oxygen atoms in total. The lowest BCUT2D eigenvalue weighted by molar-refractivity contribution is -0.129. The highest BCUT2D eigenvalue weighted by Gasteiger charge is 2.14. The van der Waals surface area contributed by atoms with E-state index < -0.39 is 5.97 Å². The fourth-order valence-corrected chi connectivity index (χ4v) is 2.01. The smallest absolute Gasteiger partial charge is 0.335 e. The van der Waals surface area contributed by atoms with Crippen molar-refractivity contribution in [3.63, 3.8) is 0 Å². The molecular weight excluding hydrogens is 272 g/mol. The Hall–Kier alpha value is -2.56. The number of esters is 1. The van der Waals surface area contributed by atoms with E-state index in [0.29, 0.717) is 28.7 Å². The van der Waals surface area contributed by atoms with Crippen LogP contribution in [0, 0.1) is 0 Å². The van der Waals surface area contributed by atoms with Crippen molar-refractivity contribution in [3.05, 3.63) is 46.8 Å². The number of rotatable bonds is 5. The van der Waals surface area contributed by atoms with Crippen LogP contribution in [0.25, 0.3) is 11.0 Å². The van der Waals surface area contributed by atoms with Crippen LogP contribution in [-0.4, -0.2) is 13.1 Å². The monoisotopic (exact) mass is 288 g/mol. The highest BCUT2D eigenvalue weighted by molar-refractivity contribution is 5.86. The molecule has 0 N–H and O–H groups in total. The predicted molar refractivity (Wildman–Crippen MR) is 78.9 cm³/mol. The van der Waals surface area contributed by atoms with Gasteiger partial charge in [0.05, 0.1) is 18.8 Å². The van der Waals surface area contributed by atoms with E-state index >= 15 is 0 Å². The molecule has 21 heavy (non-hydrogen) atoms. The van der Waals surface area contributed by atoms with Crippen LogP contribution < -0.4 is 14.9 Å². The summed E-state index contributed by atoms with van der Waals surface area (Å²) in [7, 11) is 1.43. The molecule has 110 valence electrons. The van der Waals surface area contributed by atoms with Crippen molar-refractivity contribution in [2.75, 3.05) is 7.11 Å². The third-order valence-electron chi connectivity index (χ3n) is 3.03. The van der Waals surface area contributed by atoms with Crippen molar-refractivity contribution in [1.82, 2.24) is 0 Å². The zero-order valence-corrected chi connectivity index (χ0v) is 12.0. The Balaban J connectivity index is 2.60. The number of ether oxygens (including phenoxy) is 2. The second-order valence-electron chi connectivity index (χ2n) is 4.46. The molecular formula is C16H16O5. The van der Waals surface area contributed by atoms with Crippen LogP contribution in [0.2, 0.25) is 0 Å². The number of carbonyl (C=O) groups is 1.